The zero-order chi connectivity index (χ0) is 18.4. The van der Waals surface area contributed by atoms with Crippen LogP contribution in [0.4, 0.5) is 4.79 Å². The molecule has 0 unspecified atom stereocenters. The van der Waals surface area contributed by atoms with E-state index in [1.165, 1.54) is 12.4 Å². The van der Waals surface area contributed by atoms with Gasteiger partial charge in [0.2, 0.25) is 0 Å². The lowest BCUT2D eigenvalue weighted by Crippen LogP contribution is -2.42. The largest absolute Gasteiger partial charge is 0.462 e. The predicted octanol–water partition coefficient (Wildman–Crippen LogP) is 2.84. The third-order valence-electron chi connectivity index (χ3n) is 3.95. The number of likely N-dealkylation sites (tertiary alicyclic amines) is 1. The van der Waals surface area contributed by atoms with Gasteiger partial charge in [0, 0.05) is 31.9 Å². The van der Waals surface area contributed by atoms with Crippen LogP contribution in [0.1, 0.15) is 56.7 Å². The fraction of sp³-hybridized carbons (Fsp3) is 0.667. The molecule has 2 heterocycles. The van der Waals surface area contributed by atoms with Crippen LogP contribution in [0.15, 0.2) is 12.4 Å². The first-order valence-corrected chi connectivity index (χ1v) is 8.74. The number of aromatic nitrogens is 2. The molecule has 25 heavy (non-hydrogen) atoms. The highest BCUT2D eigenvalue weighted by Gasteiger charge is 2.27. The first kappa shape index (κ1) is 19.1. The third-order valence-corrected chi connectivity index (χ3v) is 3.95. The molecule has 0 N–H and O–H groups in total. The second-order valence-electron chi connectivity index (χ2n) is 7.22. The van der Waals surface area contributed by atoms with Crippen molar-refractivity contribution in [2.24, 2.45) is 5.92 Å². The Morgan fingerprint density at radius 2 is 1.80 bits per heavy atom. The summed E-state index contributed by atoms with van der Waals surface area (Å²) in [4.78, 5) is 33.9. The third kappa shape index (κ3) is 5.99. The van der Waals surface area contributed by atoms with Gasteiger partial charge in [-0.1, -0.05) is 0 Å². The lowest BCUT2D eigenvalue weighted by molar-refractivity contribution is 0.0183. The standard InChI is InChI=1S/C18H27N3O4/c1-5-24-16(22)14-11-19-15(20-12-14)10-13-6-8-21(9-7-13)17(23)25-18(2,3)4/h11-13H,5-10H2,1-4H3. The molecule has 1 aliphatic heterocycles. The zero-order valence-electron chi connectivity index (χ0n) is 15.4. The maximum absolute atomic E-state index is 12.1. The molecular weight excluding hydrogens is 322 g/mol. The number of amides is 1. The molecule has 1 aromatic heterocycles. The SMILES string of the molecule is CCOC(=O)c1cnc(CC2CCN(C(=O)OC(C)(C)C)CC2)nc1. The first-order chi connectivity index (χ1) is 11.8. The van der Waals surface area contributed by atoms with Crippen molar-refractivity contribution in [3.8, 4) is 0 Å². The van der Waals surface area contributed by atoms with Crippen LogP contribution < -0.4 is 0 Å². The Hall–Kier alpha value is -2.18. The maximum atomic E-state index is 12.1. The Morgan fingerprint density at radius 3 is 2.32 bits per heavy atom. The van der Waals surface area contributed by atoms with Crippen LogP contribution in [0.3, 0.4) is 0 Å². The molecule has 0 spiro atoms. The molecule has 2 rings (SSSR count). The molecule has 7 nitrogen and oxygen atoms in total. The van der Waals surface area contributed by atoms with E-state index in [4.69, 9.17) is 9.47 Å². The van der Waals surface area contributed by atoms with Crippen molar-refractivity contribution >= 4 is 12.1 Å². The summed E-state index contributed by atoms with van der Waals surface area (Å²) in [6.45, 7) is 9.06. The highest BCUT2D eigenvalue weighted by Crippen LogP contribution is 2.22. The van der Waals surface area contributed by atoms with Crippen LogP contribution in [-0.2, 0) is 15.9 Å². The number of esters is 1. The van der Waals surface area contributed by atoms with Crippen LogP contribution >= 0.6 is 0 Å². The predicted molar refractivity (Wildman–Crippen MR) is 92.2 cm³/mol. The molecule has 0 atom stereocenters. The van der Waals surface area contributed by atoms with Crippen LogP contribution in [0.5, 0.6) is 0 Å². The minimum Gasteiger partial charge on any atom is -0.462 e. The molecule has 1 aromatic rings. The van der Waals surface area contributed by atoms with Gasteiger partial charge in [0.1, 0.15) is 11.4 Å². The molecule has 1 fully saturated rings. The maximum Gasteiger partial charge on any atom is 0.410 e. The monoisotopic (exact) mass is 349 g/mol. The molecule has 1 aliphatic rings. The average Bonchev–Trinajstić information content (AvgIpc) is 2.55. The first-order valence-electron chi connectivity index (χ1n) is 8.74. The zero-order valence-corrected chi connectivity index (χ0v) is 15.4. The Morgan fingerprint density at radius 1 is 1.20 bits per heavy atom. The summed E-state index contributed by atoms with van der Waals surface area (Å²) in [5.74, 6) is 0.732. The van der Waals surface area contributed by atoms with Gasteiger partial charge in [0.05, 0.1) is 12.2 Å². The van der Waals surface area contributed by atoms with Gasteiger partial charge < -0.3 is 14.4 Å². The Balaban J connectivity index is 1.82. The lowest BCUT2D eigenvalue weighted by atomic mass is 9.93. The van der Waals surface area contributed by atoms with Gasteiger partial charge in [-0.3, -0.25) is 0 Å². The molecule has 7 heteroatoms. The van der Waals surface area contributed by atoms with E-state index < -0.39 is 11.6 Å². The second kappa shape index (κ2) is 8.27. The lowest BCUT2D eigenvalue weighted by Gasteiger charge is -2.33. The van der Waals surface area contributed by atoms with Crippen molar-refractivity contribution in [3.63, 3.8) is 0 Å². The number of rotatable bonds is 4. The Labute approximate surface area is 148 Å². The van der Waals surface area contributed by atoms with Crippen molar-refractivity contribution in [2.75, 3.05) is 19.7 Å². The van der Waals surface area contributed by atoms with Gasteiger partial charge in [-0.2, -0.15) is 0 Å². The van der Waals surface area contributed by atoms with E-state index >= 15 is 0 Å². The van der Waals surface area contributed by atoms with Gasteiger partial charge in [-0.15, -0.1) is 0 Å². The quantitative estimate of drug-likeness (QED) is 0.778. The molecule has 0 bridgehead atoms. The van der Waals surface area contributed by atoms with Crippen LogP contribution in [0, 0.1) is 5.92 Å². The highest BCUT2D eigenvalue weighted by molar-refractivity contribution is 5.88. The summed E-state index contributed by atoms with van der Waals surface area (Å²) in [5.41, 5.74) is -0.104. The van der Waals surface area contributed by atoms with Gasteiger partial charge in [0.25, 0.3) is 0 Å². The minimum absolute atomic E-state index is 0.249. The van der Waals surface area contributed by atoms with E-state index in [1.54, 1.807) is 11.8 Å². The van der Waals surface area contributed by atoms with Crippen molar-refractivity contribution in [1.82, 2.24) is 14.9 Å². The Bertz CT molecular complexity index is 587. The number of piperidine rings is 1. The summed E-state index contributed by atoms with van der Waals surface area (Å²) >= 11 is 0. The number of ether oxygens (including phenoxy) is 2. The number of hydrogen-bond acceptors (Lipinski definition) is 6. The second-order valence-corrected chi connectivity index (χ2v) is 7.22. The van der Waals surface area contributed by atoms with Crippen molar-refractivity contribution in [2.45, 2.75) is 52.6 Å². The van der Waals surface area contributed by atoms with E-state index in [2.05, 4.69) is 9.97 Å². The van der Waals surface area contributed by atoms with Crippen LogP contribution in [0.25, 0.3) is 0 Å². The van der Waals surface area contributed by atoms with E-state index in [-0.39, 0.29) is 6.09 Å². The molecule has 0 aliphatic carbocycles. The normalized spacial score (nSPS) is 15.8. The van der Waals surface area contributed by atoms with E-state index in [9.17, 15) is 9.59 Å². The highest BCUT2D eigenvalue weighted by atomic mass is 16.6. The van der Waals surface area contributed by atoms with Crippen molar-refractivity contribution in [3.05, 3.63) is 23.8 Å². The summed E-state index contributed by atoms with van der Waals surface area (Å²) in [7, 11) is 0. The average molecular weight is 349 g/mol. The number of nitrogens with zero attached hydrogens (tertiary/aromatic N) is 3. The van der Waals surface area contributed by atoms with Crippen LogP contribution in [0.2, 0.25) is 0 Å². The Kier molecular flexibility index (Phi) is 6.33. The minimum atomic E-state index is -0.470. The van der Waals surface area contributed by atoms with Gasteiger partial charge >= 0.3 is 12.1 Å². The molecule has 0 aromatic carbocycles. The van der Waals surface area contributed by atoms with Gasteiger partial charge in [0.15, 0.2) is 0 Å². The summed E-state index contributed by atoms with van der Waals surface area (Å²) in [6.07, 6.45) is 5.29. The number of carbonyl (C=O) groups excluding carboxylic acids is 2. The molecule has 0 radical (unpaired) electrons. The van der Waals surface area contributed by atoms with Crippen LogP contribution in [-0.4, -0.2) is 52.2 Å². The smallest absolute Gasteiger partial charge is 0.410 e. The van der Waals surface area contributed by atoms with Crippen molar-refractivity contribution < 1.29 is 19.1 Å². The molecule has 0 saturated carbocycles. The van der Waals surface area contributed by atoms with Gasteiger partial charge in [-0.05, 0) is 46.5 Å². The summed E-state index contributed by atoms with van der Waals surface area (Å²) < 4.78 is 10.3. The molecule has 1 amide bonds. The summed E-state index contributed by atoms with van der Waals surface area (Å²) in [5, 5.41) is 0. The molecular formula is C18H27N3O4. The summed E-state index contributed by atoms with van der Waals surface area (Å²) in [6, 6.07) is 0. The number of hydrogen-bond donors (Lipinski definition) is 0. The molecule has 138 valence electrons. The van der Waals surface area contributed by atoms with Gasteiger partial charge in [-0.25, -0.2) is 19.6 Å². The molecule has 1 saturated heterocycles. The van der Waals surface area contributed by atoms with E-state index in [0.717, 1.165) is 19.3 Å². The number of carbonyl (C=O) groups is 2. The fourth-order valence-electron chi connectivity index (χ4n) is 2.68. The van der Waals surface area contributed by atoms with E-state index in [0.29, 0.717) is 37.0 Å². The van der Waals surface area contributed by atoms with Crippen molar-refractivity contribution in [1.29, 1.82) is 0 Å². The van der Waals surface area contributed by atoms with E-state index in [1.807, 2.05) is 20.8 Å². The fourth-order valence-corrected chi connectivity index (χ4v) is 2.68. The topological polar surface area (TPSA) is 81.6 Å².